The Kier molecular flexibility index (Phi) is 3.84. The normalized spacial score (nSPS) is 11.8. The molecule has 0 saturated heterocycles. The summed E-state index contributed by atoms with van der Waals surface area (Å²) in [5.41, 5.74) is 1.85. The molecule has 2 aromatic carbocycles. The van der Waals surface area contributed by atoms with E-state index in [9.17, 15) is 0 Å². The highest BCUT2D eigenvalue weighted by Crippen LogP contribution is 2.23. The molecule has 1 atom stereocenters. The van der Waals surface area contributed by atoms with Crippen molar-refractivity contribution in [3.63, 3.8) is 0 Å². The molecule has 0 bridgehead atoms. The lowest BCUT2D eigenvalue weighted by molar-refractivity contribution is 0.326. The lowest BCUT2D eigenvalue weighted by atomic mass is 10.1. The zero-order valence-electron chi connectivity index (χ0n) is 9.34. The van der Waals surface area contributed by atoms with Gasteiger partial charge in [0.2, 0.25) is 0 Å². The van der Waals surface area contributed by atoms with Crippen molar-refractivity contribution in [2.75, 3.05) is 0 Å². The van der Waals surface area contributed by atoms with Gasteiger partial charge < -0.3 is 4.74 Å². The van der Waals surface area contributed by atoms with Crippen molar-refractivity contribution in [2.45, 2.75) is 5.56 Å². The molecule has 17 heavy (non-hydrogen) atoms. The van der Waals surface area contributed by atoms with Crippen molar-refractivity contribution in [3.05, 3.63) is 67.3 Å². The van der Waals surface area contributed by atoms with Crippen molar-refractivity contribution < 1.29 is 4.74 Å². The average molecular weight is 245 g/mol. The number of benzene rings is 2. The maximum Gasteiger partial charge on any atom is 0.190 e. The summed E-state index contributed by atoms with van der Waals surface area (Å²) in [7, 11) is 0. The summed E-state index contributed by atoms with van der Waals surface area (Å²) < 4.78 is 5.40. The third-order valence-electron chi connectivity index (χ3n) is 2.40. The van der Waals surface area contributed by atoms with Crippen LogP contribution >= 0.6 is 11.6 Å². The molecule has 2 heteroatoms. The maximum atomic E-state index is 5.82. The summed E-state index contributed by atoms with van der Waals surface area (Å²) in [4.78, 5) is 0. The van der Waals surface area contributed by atoms with Gasteiger partial charge in [0, 0.05) is 0 Å². The van der Waals surface area contributed by atoms with Crippen LogP contribution in [0.15, 0.2) is 67.3 Å². The number of alkyl halides is 1. The Hall–Kier alpha value is -1.73. The molecule has 2 aromatic rings. The van der Waals surface area contributed by atoms with Crippen molar-refractivity contribution in [2.24, 2.45) is 0 Å². The molecule has 0 aliphatic carbocycles. The standard InChI is InChI=1S/C15H13ClO/c1-2-15(16)17-14-10-8-13(9-11-14)12-6-4-3-5-7-12/h2-11,15H,1H2. The van der Waals surface area contributed by atoms with E-state index in [0.717, 1.165) is 11.3 Å². The van der Waals surface area contributed by atoms with Gasteiger partial charge in [-0.1, -0.05) is 60.6 Å². The molecule has 1 unspecified atom stereocenters. The minimum Gasteiger partial charge on any atom is -0.471 e. The summed E-state index contributed by atoms with van der Waals surface area (Å²) in [5.74, 6) is 0.740. The van der Waals surface area contributed by atoms with Crippen molar-refractivity contribution >= 4 is 11.6 Å². The minimum absolute atomic E-state index is 0.488. The second kappa shape index (κ2) is 5.55. The molecule has 0 heterocycles. The topological polar surface area (TPSA) is 9.23 Å². The highest BCUT2D eigenvalue weighted by molar-refractivity contribution is 6.20. The Morgan fingerprint density at radius 2 is 1.53 bits per heavy atom. The van der Waals surface area contributed by atoms with Crippen molar-refractivity contribution in [1.29, 1.82) is 0 Å². The molecule has 2 rings (SSSR count). The van der Waals surface area contributed by atoms with Gasteiger partial charge >= 0.3 is 0 Å². The first kappa shape index (κ1) is 11.7. The Morgan fingerprint density at radius 3 is 2.12 bits per heavy atom. The number of hydrogen-bond donors (Lipinski definition) is 0. The van der Waals surface area contributed by atoms with Crippen LogP contribution in [0.3, 0.4) is 0 Å². The second-order valence-corrected chi connectivity index (χ2v) is 4.03. The van der Waals surface area contributed by atoms with E-state index in [1.807, 2.05) is 42.5 Å². The largest absolute Gasteiger partial charge is 0.471 e. The van der Waals surface area contributed by atoms with Gasteiger partial charge in [-0.05, 0) is 29.3 Å². The van der Waals surface area contributed by atoms with Gasteiger partial charge in [0.25, 0.3) is 0 Å². The summed E-state index contributed by atoms with van der Waals surface area (Å²) in [6, 6.07) is 18.0. The first-order chi connectivity index (χ1) is 8.29. The first-order valence-electron chi connectivity index (χ1n) is 5.38. The monoisotopic (exact) mass is 244 g/mol. The van der Waals surface area contributed by atoms with E-state index in [4.69, 9.17) is 16.3 Å². The van der Waals surface area contributed by atoms with Crippen LogP contribution in [0.2, 0.25) is 0 Å². The first-order valence-corrected chi connectivity index (χ1v) is 5.82. The molecule has 0 N–H and O–H groups in total. The molecule has 86 valence electrons. The van der Waals surface area contributed by atoms with Gasteiger partial charge in [0.05, 0.1) is 0 Å². The Morgan fingerprint density at radius 1 is 0.941 bits per heavy atom. The number of halogens is 1. The SMILES string of the molecule is C=CC(Cl)Oc1ccc(-c2ccccc2)cc1. The second-order valence-electron chi connectivity index (χ2n) is 3.60. The molecule has 0 amide bonds. The van der Waals surface area contributed by atoms with E-state index in [0.29, 0.717) is 0 Å². The summed E-state index contributed by atoms with van der Waals surface area (Å²) in [6.07, 6.45) is 1.55. The fraction of sp³-hybridized carbons (Fsp3) is 0.0667. The van der Waals surface area contributed by atoms with Gasteiger partial charge in [-0.2, -0.15) is 0 Å². The summed E-state index contributed by atoms with van der Waals surface area (Å²) >= 11 is 5.82. The highest BCUT2D eigenvalue weighted by Gasteiger charge is 2.01. The molecule has 0 aliphatic rings. The van der Waals surface area contributed by atoms with E-state index in [1.54, 1.807) is 6.08 Å². The molecule has 0 aromatic heterocycles. The Bertz CT molecular complexity index is 476. The van der Waals surface area contributed by atoms with E-state index in [2.05, 4.69) is 18.7 Å². The molecule has 0 radical (unpaired) electrons. The lowest BCUT2D eigenvalue weighted by Gasteiger charge is -2.09. The van der Waals surface area contributed by atoms with E-state index in [1.165, 1.54) is 5.56 Å². The van der Waals surface area contributed by atoms with Crippen LogP contribution in [0, 0.1) is 0 Å². The van der Waals surface area contributed by atoms with Gasteiger partial charge in [0.1, 0.15) is 5.75 Å². The van der Waals surface area contributed by atoms with Gasteiger partial charge in [-0.3, -0.25) is 0 Å². The molecule has 0 fully saturated rings. The van der Waals surface area contributed by atoms with Crippen LogP contribution in [0.4, 0.5) is 0 Å². The predicted octanol–water partition coefficient (Wildman–Crippen LogP) is 4.48. The number of ether oxygens (including phenoxy) is 1. The fourth-order valence-electron chi connectivity index (χ4n) is 1.53. The maximum absolute atomic E-state index is 5.82. The smallest absolute Gasteiger partial charge is 0.190 e. The molecule has 0 saturated carbocycles. The van der Waals surface area contributed by atoms with E-state index in [-0.39, 0.29) is 0 Å². The van der Waals surface area contributed by atoms with E-state index >= 15 is 0 Å². The van der Waals surface area contributed by atoms with Crippen molar-refractivity contribution in [3.8, 4) is 16.9 Å². The zero-order chi connectivity index (χ0) is 12.1. The van der Waals surface area contributed by atoms with Crippen molar-refractivity contribution in [1.82, 2.24) is 0 Å². The predicted molar refractivity (Wildman–Crippen MR) is 72.3 cm³/mol. The van der Waals surface area contributed by atoms with Gasteiger partial charge in [-0.25, -0.2) is 0 Å². The third kappa shape index (κ3) is 3.11. The van der Waals surface area contributed by atoms with Gasteiger partial charge in [-0.15, -0.1) is 0 Å². The zero-order valence-corrected chi connectivity index (χ0v) is 10.1. The molecule has 1 nitrogen and oxygen atoms in total. The van der Waals surface area contributed by atoms with Crippen LogP contribution in [0.1, 0.15) is 0 Å². The summed E-state index contributed by atoms with van der Waals surface area (Å²) in [6.45, 7) is 3.56. The Labute approximate surface area is 106 Å². The van der Waals surface area contributed by atoms with E-state index < -0.39 is 5.56 Å². The number of hydrogen-bond acceptors (Lipinski definition) is 1. The third-order valence-corrected chi connectivity index (χ3v) is 2.66. The van der Waals surface area contributed by atoms with Crippen LogP contribution in [0.5, 0.6) is 5.75 Å². The fourth-order valence-corrected chi connectivity index (χ4v) is 1.64. The highest BCUT2D eigenvalue weighted by atomic mass is 35.5. The van der Waals surface area contributed by atoms with Crippen LogP contribution in [-0.4, -0.2) is 5.56 Å². The van der Waals surface area contributed by atoms with Crippen LogP contribution < -0.4 is 4.74 Å². The minimum atomic E-state index is -0.488. The molecule has 0 spiro atoms. The molecule has 0 aliphatic heterocycles. The van der Waals surface area contributed by atoms with Crippen LogP contribution in [0.25, 0.3) is 11.1 Å². The quantitative estimate of drug-likeness (QED) is 0.569. The molecular weight excluding hydrogens is 232 g/mol. The average Bonchev–Trinajstić information content (AvgIpc) is 2.40. The van der Waals surface area contributed by atoms with Gasteiger partial charge in [0.15, 0.2) is 5.56 Å². The Balaban J connectivity index is 2.16. The molecular formula is C15H13ClO. The summed E-state index contributed by atoms with van der Waals surface area (Å²) in [5, 5.41) is 0. The van der Waals surface area contributed by atoms with Crippen LogP contribution in [-0.2, 0) is 0 Å². The number of rotatable bonds is 4. The lowest BCUT2D eigenvalue weighted by Crippen LogP contribution is -2.03.